The van der Waals surface area contributed by atoms with Crippen LogP contribution in [0.3, 0.4) is 0 Å². The number of anilines is 3. The number of benzene rings is 2. The van der Waals surface area contributed by atoms with Crippen molar-refractivity contribution in [2.24, 2.45) is 0 Å². The number of ether oxygens (including phenoxy) is 1. The normalized spacial score (nSPS) is 15.3. The second-order valence-corrected chi connectivity index (χ2v) is 10.3. The molecular formula is C23H17F6N3O6S. The van der Waals surface area contributed by atoms with Crippen molar-refractivity contribution in [2.45, 2.75) is 36.5 Å². The molecule has 1 atom stereocenters. The van der Waals surface area contributed by atoms with E-state index in [1.54, 1.807) is 0 Å². The summed E-state index contributed by atoms with van der Waals surface area (Å²) in [5.41, 5.74) is -4.40. The Labute approximate surface area is 216 Å². The first kappa shape index (κ1) is 28.0. The van der Waals surface area contributed by atoms with Crippen LogP contribution >= 0.6 is 0 Å². The number of nitrogens with one attached hydrogen (secondary N) is 1. The van der Waals surface area contributed by atoms with E-state index >= 15 is 0 Å². The molecule has 16 heteroatoms. The van der Waals surface area contributed by atoms with Gasteiger partial charge >= 0.3 is 18.5 Å². The van der Waals surface area contributed by atoms with Crippen molar-refractivity contribution in [1.82, 2.24) is 4.98 Å². The van der Waals surface area contributed by atoms with E-state index in [0.717, 1.165) is 55.5 Å². The summed E-state index contributed by atoms with van der Waals surface area (Å²) in [6.45, 7) is 0.327. The average Bonchev–Trinajstić information content (AvgIpc) is 2.98. The fourth-order valence-corrected chi connectivity index (χ4v) is 5.13. The number of carbonyl (C=O) groups is 1. The van der Waals surface area contributed by atoms with E-state index in [1.807, 2.05) is 0 Å². The molecule has 1 aromatic heterocycles. The van der Waals surface area contributed by atoms with E-state index < -0.39 is 57.0 Å². The number of fused-ring (bicyclic) bond motifs is 2. The highest BCUT2D eigenvalue weighted by Crippen LogP contribution is 2.41. The fourth-order valence-electron chi connectivity index (χ4n) is 3.67. The van der Waals surface area contributed by atoms with E-state index in [0.29, 0.717) is 10.4 Å². The second-order valence-electron chi connectivity index (χ2n) is 8.47. The van der Waals surface area contributed by atoms with Crippen LogP contribution in [0.5, 0.6) is 5.75 Å². The third-order valence-electron chi connectivity index (χ3n) is 5.73. The largest absolute Gasteiger partial charge is 0.573 e. The number of nitrogens with zero attached hydrogens (tertiary/aromatic N) is 2. The zero-order chi connectivity index (χ0) is 29.0. The van der Waals surface area contributed by atoms with E-state index in [2.05, 4.69) is 15.0 Å². The Morgan fingerprint density at radius 3 is 2.23 bits per heavy atom. The van der Waals surface area contributed by atoms with Crippen molar-refractivity contribution < 1.29 is 54.5 Å². The molecule has 0 amide bonds. The molecule has 3 N–H and O–H groups in total. The van der Waals surface area contributed by atoms with Crippen LogP contribution in [-0.4, -0.2) is 35.9 Å². The Bertz CT molecular complexity index is 1540. The maximum Gasteiger partial charge on any atom is 0.573 e. The third-order valence-corrected chi connectivity index (χ3v) is 7.50. The van der Waals surface area contributed by atoms with Gasteiger partial charge in [-0.25, -0.2) is 18.2 Å². The number of hydrogen-bond donors (Lipinski definition) is 3. The van der Waals surface area contributed by atoms with Crippen molar-refractivity contribution in [2.75, 3.05) is 9.62 Å². The van der Waals surface area contributed by atoms with Gasteiger partial charge in [-0.1, -0.05) is 12.1 Å². The lowest BCUT2D eigenvalue weighted by Gasteiger charge is -2.27. The minimum absolute atomic E-state index is 0.00801. The van der Waals surface area contributed by atoms with Crippen LogP contribution < -0.4 is 14.4 Å². The molecule has 1 unspecified atom stereocenters. The standard InChI is InChI=1S/C23H17F6N3O6S/c1-21(35,20(33)34)13-3-8-16-17(10-13)32(11-12-2-9-18(22(24,25)26)31-19(12)30-16)39(36,37)15-6-4-14(5-7-15)38-23(27,28)29/h2-10,35H,11H2,1H3,(H,30,31)(H,33,34). The van der Waals surface area contributed by atoms with Crippen LogP contribution in [0, 0.1) is 0 Å². The molecule has 0 radical (unpaired) electrons. The first-order chi connectivity index (χ1) is 17.9. The Morgan fingerprint density at radius 2 is 1.67 bits per heavy atom. The molecule has 2 aromatic carbocycles. The molecule has 0 fully saturated rings. The Morgan fingerprint density at radius 1 is 1.03 bits per heavy atom. The zero-order valence-electron chi connectivity index (χ0n) is 19.5. The molecule has 208 valence electrons. The number of halogens is 6. The first-order valence-electron chi connectivity index (χ1n) is 10.7. The fraction of sp³-hybridized carbons (Fsp3) is 0.217. The second kappa shape index (κ2) is 9.30. The quantitative estimate of drug-likeness (QED) is 0.371. The molecular weight excluding hydrogens is 560 g/mol. The van der Waals surface area contributed by atoms with E-state index in [1.165, 1.54) is 0 Å². The number of aromatic nitrogens is 1. The van der Waals surface area contributed by atoms with Gasteiger partial charge < -0.3 is 20.3 Å². The molecule has 0 aliphatic carbocycles. The monoisotopic (exact) mass is 577 g/mol. The Kier molecular flexibility index (Phi) is 6.67. The molecule has 4 rings (SSSR count). The number of pyridine rings is 1. The number of aliphatic carboxylic acids is 1. The number of sulfonamides is 1. The average molecular weight is 577 g/mol. The van der Waals surface area contributed by atoms with Gasteiger partial charge in [0, 0.05) is 5.56 Å². The number of aliphatic hydroxyl groups is 1. The zero-order valence-corrected chi connectivity index (χ0v) is 20.3. The molecule has 9 nitrogen and oxygen atoms in total. The number of carboxylic acids is 1. The maximum atomic E-state index is 13.7. The van der Waals surface area contributed by atoms with Crippen LogP contribution in [0.4, 0.5) is 43.5 Å². The molecule has 39 heavy (non-hydrogen) atoms. The van der Waals surface area contributed by atoms with Crippen molar-refractivity contribution in [3.63, 3.8) is 0 Å². The van der Waals surface area contributed by atoms with Gasteiger partial charge in [-0.2, -0.15) is 13.2 Å². The van der Waals surface area contributed by atoms with Crippen molar-refractivity contribution in [3.05, 3.63) is 71.4 Å². The molecule has 0 saturated carbocycles. The van der Waals surface area contributed by atoms with Gasteiger partial charge in [0.15, 0.2) is 5.60 Å². The van der Waals surface area contributed by atoms with Gasteiger partial charge in [0.2, 0.25) is 0 Å². The lowest BCUT2D eigenvalue weighted by Crippen LogP contribution is -2.33. The highest BCUT2D eigenvalue weighted by Gasteiger charge is 2.38. The minimum Gasteiger partial charge on any atom is -0.479 e. The number of carboxylic acid groups (broad SMARTS) is 1. The molecule has 0 spiro atoms. The third kappa shape index (κ3) is 5.56. The topological polar surface area (TPSA) is 129 Å². The molecule has 1 aliphatic heterocycles. The van der Waals surface area contributed by atoms with Gasteiger partial charge in [-0.3, -0.25) is 4.31 Å². The molecule has 0 bridgehead atoms. The van der Waals surface area contributed by atoms with Gasteiger partial charge in [-0.05, 0) is 55.0 Å². The summed E-state index contributed by atoms with van der Waals surface area (Å²) in [5.74, 6) is -2.71. The first-order valence-corrected chi connectivity index (χ1v) is 12.2. The van der Waals surface area contributed by atoms with Crippen molar-refractivity contribution in [1.29, 1.82) is 0 Å². The molecule has 1 aliphatic rings. The van der Waals surface area contributed by atoms with E-state index in [4.69, 9.17) is 0 Å². The van der Waals surface area contributed by atoms with Gasteiger partial charge in [0.05, 0.1) is 22.8 Å². The van der Waals surface area contributed by atoms with Gasteiger partial charge in [0.1, 0.15) is 17.3 Å². The van der Waals surface area contributed by atoms with Crippen molar-refractivity contribution >= 4 is 33.2 Å². The predicted molar refractivity (Wildman–Crippen MR) is 123 cm³/mol. The predicted octanol–water partition coefficient (Wildman–Crippen LogP) is 4.74. The van der Waals surface area contributed by atoms with Crippen LogP contribution in [-0.2, 0) is 33.1 Å². The van der Waals surface area contributed by atoms with E-state index in [-0.39, 0.29) is 28.3 Å². The molecule has 3 aromatic rings. The Balaban J connectivity index is 1.88. The summed E-state index contributed by atoms with van der Waals surface area (Å²) in [6.07, 6.45) is -9.85. The minimum atomic E-state index is -5.03. The number of hydrogen-bond acceptors (Lipinski definition) is 7. The molecule has 0 saturated heterocycles. The summed E-state index contributed by atoms with van der Waals surface area (Å²) in [5, 5.41) is 22.5. The summed E-state index contributed by atoms with van der Waals surface area (Å²) in [4.78, 5) is 14.6. The van der Waals surface area contributed by atoms with Gasteiger partial charge in [0.25, 0.3) is 10.0 Å². The summed E-state index contributed by atoms with van der Waals surface area (Å²) in [7, 11) is -4.65. The van der Waals surface area contributed by atoms with Crippen LogP contribution in [0.1, 0.15) is 23.7 Å². The highest BCUT2D eigenvalue weighted by atomic mass is 32.2. The molecule has 2 heterocycles. The number of rotatable bonds is 5. The summed E-state index contributed by atoms with van der Waals surface area (Å²) < 4.78 is 109. The highest BCUT2D eigenvalue weighted by molar-refractivity contribution is 7.92. The van der Waals surface area contributed by atoms with Crippen LogP contribution in [0.2, 0.25) is 0 Å². The number of alkyl halides is 6. The summed E-state index contributed by atoms with van der Waals surface area (Å²) >= 11 is 0. The lowest BCUT2D eigenvalue weighted by molar-refractivity contribution is -0.274. The Hall–Kier alpha value is -4.05. The van der Waals surface area contributed by atoms with E-state index in [9.17, 15) is 49.8 Å². The van der Waals surface area contributed by atoms with Gasteiger partial charge in [-0.15, -0.1) is 13.2 Å². The van der Waals surface area contributed by atoms with Crippen LogP contribution in [0.25, 0.3) is 0 Å². The van der Waals surface area contributed by atoms with Crippen molar-refractivity contribution in [3.8, 4) is 5.75 Å². The SMILES string of the molecule is CC(O)(C(=O)O)c1ccc2c(c1)N(S(=O)(=O)c1ccc(OC(F)(F)F)cc1)Cc1ccc(C(F)(F)F)nc1N2. The maximum absolute atomic E-state index is 13.7. The van der Waals surface area contributed by atoms with Crippen LogP contribution in [0.15, 0.2) is 59.5 Å². The lowest BCUT2D eigenvalue weighted by atomic mass is 9.95. The summed E-state index contributed by atoms with van der Waals surface area (Å²) in [6, 6.07) is 8.13. The smallest absolute Gasteiger partial charge is 0.479 e.